The highest BCUT2D eigenvalue weighted by Crippen LogP contribution is 2.33. The van der Waals surface area contributed by atoms with Crippen LogP contribution in [-0.4, -0.2) is 40.3 Å². The Kier molecular flexibility index (Phi) is 7.22. The van der Waals surface area contributed by atoms with Crippen molar-refractivity contribution >= 4 is 23.5 Å². The van der Waals surface area contributed by atoms with Crippen LogP contribution in [0.4, 0.5) is 11.4 Å². The summed E-state index contributed by atoms with van der Waals surface area (Å²) in [4.78, 5) is 32.6. The molecule has 30 heavy (non-hydrogen) atoms. The molecule has 0 aromatic heterocycles. The quantitative estimate of drug-likeness (QED) is 0.356. The first-order valence-electron chi connectivity index (χ1n) is 8.56. The van der Waals surface area contributed by atoms with Crippen molar-refractivity contribution in [2.24, 2.45) is 5.10 Å². The Hall–Kier alpha value is -4.22. The molecule has 0 spiro atoms. The minimum atomic E-state index is -0.740. The summed E-state index contributed by atoms with van der Waals surface area (Å²) in [7, 11) is 0. The first-order valence-corrected chi connectivity index (χ1v) is 8.56. The van der Waals surface area contributed by atoms with Gasteiger partial charge in [0.15, 0.2) is 23.9 Å². The molecule has 0 radical (unpaired) electrons. The zero-order valence-electron chi connectivity index (χ0n) is 16.0. The van der Waals surface area contributed by atoms with Gasteiger partial charge in [-0.1, -0.05) is 6.07 Å². The summed E-state index contributed by atoms with van der Waals surface area (Å²) in [5.74, 6) is -1.31. The van der Waals surface area contributed by atoms with Crippen LogP contribution in [0.2, 0.25) is 0 Å². The third kappa shape index (κ3) is 5.64. The Balaban J connectivity index is 2.06. The molecule has 0 saturated carbocycles. The summed E-state index contributed by atoms with van der Waals surface area (Å²) in [6.45, 7) is 2.93. The van der Waals surface area contributed by atoms with Crippen LogP contribution in [0.5, 0.6) is 17.2 Å². The van der Waals surface area contributed by atoms with E-state index in [-0.39, 0.29) is 40.8 Å². The fourth-order valence-corrected chi connectivity index (χ4v) is 2.33. The average molecular weight is 418 g/mol. The van der Waals surface area contributed by atoms with E-state index in [0.29, 0.717) is 5.56 Å². The van der Waals surface area contributed by atoms with E-state index in [9.17, 15) is 30.1 Å². The summed E-state index contributed by atoms with van der Waals surface area (Å²) in [6, 6.07) is 6.41. The summed E-state index contributed by atoms with van der Waals surface area (Å²) in [5, 5.41) is 35.8. The first-order chi connectivity index (χ1) is 14.2. The molecule has 0 heterocycles. The molecule has 2 rings (SSSR count). The van der Waals surface area contributed by atoms with Crippen molar-refractivity contribution in [3.05, 3.63) is 61.7 Å². The predicted molar refractivity (Wildman–Crippen MR) is 105 cm³/mol. The number of non-ortho nitro benzene ring substituents is 1. The molecule has 2 N–H and O–H groups in total. The molecule has 2 aromatic carbocycles. The van der Waals surface area contributed by atoms with Gasteiger partial charge >= 0.3 is 5.69 Å². The Morgan fingerprint density at radius 1 is 1.17 bits per heavy atom. The molecule has 0 aliphatic rings. The second-order valence-electron chi connectivity index (χ2n) is 5.88. The highest BCUT2D eigenvalue weighted by Gasteiger charge is 2.17. The molecule has 1 amide bonds. The van der Waals surface area contributed by atoms with E-state index in [1.54, 1.807) is 19.9 Å². The number of nitrogens with zero attached hydrogens (tertiary/aromatic N) is 3. The first kappa shape index (κ1) is 22.1. The zero-order valence-corrected chi connectivity index (χ0v) is 16.0. The number of carbonyl (C=O) groups excluding carboxylic acids is 1. The standard InChI is InChI=1S/C18H18N4O8/c1-3-29-16-8-13(21(25)26)7-12(18(16)24)9-19-20-17(23)10-30-15-5-4-11(2)6-14(15)22(27)28/h4-9,24H,3,10H2,1-2H3,(H,20,23)/b19-9-. The maximum atomic E-state index is 11.9. The van der Waals surface area contributed by atoms with E-state index in [4.69, 9.17) is 9.47 Å². The van der Waals surface area contributed by atoms with Crippen molar-refractivity contribution in [2.45, 2.75) is 13.8 Å². The average Bonchev–Trinajstić information content (AvgIpc) is 2.69. The summed E-state index contributed by atoms with van der Waals surface area (Å²) in [5.41, 5.74) is 2.09. The molecular weight excluding hydrogens is 400 g/mol. The number of nitrogens with one attached hydrogen (secondary N) is 1. The maximum Gasteiger partial charge on any atom is 0.311 e. The number of phenols is 1. The molecule has 2 aromatic rings. The van der Waals surface area contributed by atoms with E-state index < -0.39 is 22.4 Å². The lowest BCUT2D eigenvalue weighted by atomic mass is 10.1. The monoisotopic (exact) mass is 418 g/mol. The zero-order chi connectivity index (χ0) is 22.3. The number of nitro groups is 2. The molecule has 0 aliphatic heterocycles. The van der Waals surface area contributed by atoms with Gasteiger partial charge in [-0.15, -0.1) is 0 Å². The fraction of sp³-hybridized carbons (Fsp3) is 0.222. The topological polar surface area (TPSA) is 166 Å². The number of rotatable bonds is 9. The molecule has 158 valence electrons. The van der Waals surface area contributed by atoms with Gasteiger partial charge in [-0.2, -0.15) is 5.10 Å². The van der Waals surface area contributed by atoms with Crippen LogP contribution in [0.1, 0.15) is 18.1 Å². The number of ether oxygens (including phenoxy) is 2. The molecule has 0 atom stereocenters. The third-order valence-electron chi connectivity index (χ3n) is 3.66. The number of phenolic OH excluding ortho intramolecular Hbond substituents is 1. The van der Waals surface area contributed by atoms with E-state index in [2.05, 4.69) is 10.5 Å². The minimum Gasteiger partial charge on any atom is -0.504 e. The molecule has 0 fully saturated rings. The summed E-state index contributed by atoms with van der Waals surface area (Å²) >= 11 is 0. The molecule has 0 saturated heterocycles. The number of nitro benzene ring substituents is 2. The van der Waals surface area contributed by atoms with Gasteiger partial charge in [-0.25, -0.2) is 5.43 Å². The highest BCUT2D eigenvalue weighted by atomic mass is 16.6. The second kappa shape index (κ2) is 9.82. The van der Waals surface area contributed by atoms with Gasteiger partial charge < -0.3 is 14.6 Å². The SMILES string of the molecule is CCOc1cc([N+](=O)[O-])cc(/C=N\NC(=O)COc2ccc(C)cc2[N+](=O)[O-])c1O. The van der Waals surface area contributed by atoms with Crippen molar-refractivity contribution in [3.8, 4) is 17.2 Å². The van der Waals surface area contributed by atoms with E-state index in [1.807, 2.05) is 0 Å². The van der Waals surface area contributed by atoms with Crippen molar-refractivity contribution in [2.75, 3.05) is 13.2 Å². The minimum absolute atomic E-state index is 0.0527. The summed E-state index contributed by atoms with van der Waals surface area (Å²) < 4.78 is 10.3. The van der Waals surface area contributed by atoms with Crippen LogP contribution < -0.4 is 14.9 Å². The number of aromatic hydroxyl groups is 1. The number of carbonyl (C=O) groups is 1. The lowest BCUT2D eigenvalue weighted by Crippen LogP contribution is -2.24. The number of hydrogen-bond donors (Lipinski definition) is 2. The Morgan fingerprint density at radius 3 is 2.53 bits per heavy atom. The normalized spacial score (nSPS) is 10.6. The van der Waals surface area contributed by atoms with Gasteiger partial charge in [-0.3, -0.25) is 25.0 Å². The van der Waals surface area contributed by atoms with E-state index in [1.165, 1.54) is 12.1 Å². The van der Waals surface area contributed by atoms with E-state index >= 15 is 0 Å². The van der Waals surface area contributed by atoms with Gasteiger partial charge in [0.05, 0.1) is 28.7 Å². The Labute approximate surface area is 170 Å². The molecular formula is C18H18N4O8. The van der Waals surface area contributed by atoms with Gasteiger partial charge in [0.1, 0.15) is 0 Å². The molecule has 0 aliphatic carbocycles. The number of hydrazone groups is 1. The maximum absolute atomic E-state index is 11.9. The van der Waals surface area contributed by atoms with Crippen molar-refractivity contribution in [1.82, 2.24) is 5.43 Å². The molecule has 0 bridgehead atoms. The van der Waals surface area contributed by atoms with Gasteiger partial charge in [0, 0.05) is 17.7 Å². The van der Waals surface area contributed by atoms with Crippen LogP contribution >= 0.6 is 0 Å². The number of hydrogen-bond acceptors (Lipinski definition) is 9. The number of aryl methyl sites for hydroxylation is 1. The van der Waals surface area contributed by atoms with Crippen LogP contribution in [0.3, 0.4) is 0 Å². The summed E-state index contributed by atoms with van der Waals surface area (Å²) in [6.07, 6.45) is 0.997. The van der Waals surface area contributed by atoms with Gasteiger partial charge in [0.25, 0.3) is 11.6 Å². The van der Waals surface area contributed by atoms with Crippen LogP contribution in [-0.2, 0) is 4.79 Å². The predicted octanol–water partition coefficient (Wildman–Crippen LogP) is 2.44. The Bertz CT molecular complexity index is 1010. The molecule has 12 nitrogen and oxygen atoms in total. The van der Waals surface area contributed by atoms with Crippen LogP contribution in [0, 0.1) is 27.2 Å². The Morgan fingerprint density at radius 2 is 1.90 bits per heavy atom. The largest absolute Gasteiger partial charge is 0.504 e. The third-order valence-corrected chi connectivity index (χ3v) is 3.66. The van der Waals surface area contributed by atoms with Crippen molar-refractivity contribution < 1.29 is 29.2 Å². The fourth-order valence-electron chi connectivity index (χ4n) is 2.33. The molecule has 0 unspecified atom stereocenters. The second-order valence-corrected chi connectivity index (χ2v) is 5.88. The van der Waals surface area contributed by atoms with E-state index in [0.717, 1.165) is 18.3 Å². The highest BCUT2D eigenvalue weighted by molar-refractivity contribution is 5.87. The molecule has 12 heteroatoms. The number of benzene rings is 2. The number of amides is 1. The van der Waals surface area contributed by atoms with Crippen LogP contribution in [0.25, 0.3) is 0 Å². The smallest absolute Gasteiger partial charge is 0.311 e. The lowest BCUT2D eigenvalue weighted by molar-refractivity contribution is -0.385. The van der Waals surface area contributed by atoms with Gasteiger partial charge in [0.2, 0.25) is 0 Å². The van der Waals surface area contributed by atoms with Crippen molar-refractivity contribution in [1.29, 1.82) is 0 Å². The van der Waals surface area contributed by atoms with Crippen molar-refractivity contribution in [3.63, 3.8) is 0 Å². The van der Waals surface area contributed by atoms with Gasteiger partial charge in [-0.05, 0) is 25.5 Å². The lowest BCUT2D eigenvalue weighted by Gasteiger charge is -2.08. The van der Waals surface area contributed by atoms with Crippen LogP contribution in [0.15, 0.2) is 35.4 Å².